The second-order valence-electron chi connectivity index (χ2n) is 4.65. The second kappa shape index (κ2) is 4.42. The van der Waals surface area contributed by atoms with Crippen LogP contribution in [0.15, 0.2) is 18.2 Å². The number of nitrogen functional groups attached to an aromatic ring is 1. The van der Waals surface area contributed by atoms with Gasteiger partial charge in [0.25, 0.3) is 0 Å². The van der Waals surface area contributed by atoms with Crippen molar-refractivity contribution in [3.05, 3.63) is 23.2 Å². The van der Waals surface area contributed by atoms with Crippen LogP contribution in [0.5, 0.6) is 0 Å². The molecule has 0 aliphatic heterocycles. The summed E-state index contributed by atoms with van der Waals surface area (Å²) in [5.41, 5.74) is 7.85. The third-order valence-electron chi connectivity index (χ3n) is 2.83. The standard InChI is InChI=1S/C12H16ClN3S/c1-12(2,17-3)7-16-10-6-8(13)4-5-9(10)15-11(16)14/h4-6H,7H2,1-3H3,(H2,14,15). The Kier molecular flexibility index (Phi) is 3.27. The van der Waals surface area contributed by atoms with E-state index in [0.29, 0.717) is 11.0 Å². The Morgan fingerprint density at radius 1 is 1.47 bits per heavy atom. The van der Waals surface area contributed by atoms with Crippen LogP contribution in [0, 0.1) is 0 Å². The molecule has 0 atom stereocenters. The van der Waals surface area contributed by atoms with Gasteiger partial charge in [-0.25, -0.2) is 4.98 Å². The van der Waals surface area contributed by atoms with E-state index in [-0.39, 0.29) is 4.75 Å². The summed E-state index contributed by atoms with van der Waals surface area (Å²) in [4.78, 5) is 4.35. The molecule has 1 aromatic heterocycles. The molecule has 2 aromatic rings. The smallest absolute Gasteiger partial charge is 0.201 e. The lowest BCUT2D eigenvalue weighted by atomic mass is 10.2. The molecular weight excluding hydrogens is 254 g/mol. The molecule has 2 N–H and O–H groups in total. The van der Waals surface area contributed by atoms with E-state index in [2.05, 4.69) is 25.1 Å². The highest BCUT2D eigenvalue weighted by molar-refractivity contribution is 7.99. The lowest BCUT2D eigenvalue weighted by Crippen LogP contribution is -2.23. The van der Waals surface area contributed by atoms with Gasteiger partial charge in [0.05, 0.1) is 11.0 Å². The molecule has 0 amide bonds. The Bertz CT molecular complexity index is 548. The van der Waals surface area contributed by atoms with Gasteiger partial charge in [-0.2, -0.15) is 11.8 Å². The fourth-order valence-electron chi connectivity index (χ4n) is 1.73. The first kappa shape index (κ1) is 12.6. The van der Waals surface area contributed by atoms with E-state index in [1.54, 1.807) is 0 Å². The SMILES string of the molecule is CSC(C)(C)Cn1c(N)nc2ccc(Cl)cc21. The molecule has 0 fully saturated rings. The topological polar surface area (TPSA) is 43.8 Å². The lowest BCUT2D eigenvalue weighted by Gasteiger charge is -2.23. The monoisotopic (exact) mass is 269 g/mol. The molecule has 0 aliphatic carbocycles. The van der Waals surface area contributed by atoms with Crippen molar-refractivity contribution in [2.24, 2.45) is 0 Å². The van der Waals surface area contributed by atoms with Crippen molar-refractivity contribution in [3.63, 3.8) is 0 Å². The molecule has 92 valence electrons. The maximum atomic E-state index is 6.02. The molecule has 2 rings (SSSR count). The summed E-state index contributed by atoms with van der Waals surface area (Å²) in [7, 11) is 0. The minimum Gasteiger partial charge on any atom is -0.369 e. The van der Waals surface area contributed by atoms with Crippen LogP contribution in [0.1, 0.15) is 13.8 Å². The van der Waals surface area contributed by atoms with Crippen LogP contribution >= 0.6 is 23.4 Å². The van der Waals surface area contributed by atoms with E-state index in [1.165, 1.54) is 0 Å². The average molecular weight is 270 g/mol. The van der Waals surface area contributed by atoms with Gasteiger partial charge in [-0.3, -0.25) is 0 Å². The van der Waals surface area contributed by atoms with Gasteiger partial charge >= 0.3 is 0 Å². The summed E-state index contributed by atoms with van der Waals surface area (Å²) in [6.45, 7) is 5.19. The number of hydrogen-bond donors (Lipinski definition) is 1. The molecule has 0 bridgehead atoms. The van der Waals surface area contributed by atoms with Gasteiger partial charge in [-0.1, -0.05) is 11.6 Å². The van der Waals surface area contributed by atoms with Crippen molar-refractivity contribution in [1.82, 2.24) is 9.55 Å². The van der Waals surface area contributed by atoms with Crippen molar-refractivity contribution in [1.29, 1.82) is 0 Å². The maximum Gasteiger partial charge on any atom is 0.201 e. The van der Waals surface area contributed by atoms with Crippen molar-refractivity contribution in [3.8, 4) is 0 Å². The van der Waals surface area contributed by atoms with E-state index in [4.69, 9.17) is 17.3 Å². The van der Waals surface area contributed by atoms with E-state index < -0.39 is 0 Å². The van der Waals surface area contributed by atoms with Crippen LogP contribution in [-0.4, -0.2) is 20.6 Å². The molecule has 0 radical (unpaired) electrons. The van der Waals surface area contributed by atoms with E-state index in [1.807, 2.05) is 34.5 Å². The first-order valence-electron chi connectivity index (χ1n) is 5.39. The van der Waals surface area contributed by atoms with Crippen molar-refractivity contribution >= 4 is 40.3 Å². The third-order valence-corrected chi connectivity index (χ3v) is 4.30. The fraction of sp³-hybridized carbons (Fsp3) is 0.417. The largest absolute Gasteiger partial charge is 0.369 e. The number of anilines is 1. The normalized spacial score (nSPS) is 12.2. The van der Waals surface area contributed by atoms with Gasteiger partial charge in [0.2, 0.25) is 5.95 Å². The molecule has 5 heteroatoms. The number of hydrogen-bond acceptors (Lipinski definition) is 3. The molecule has 0 saturated carbocycles. The minimum atomic E-state index is 0.115. The summed E-state index contributed by atoms with van der Waals surface area (Å²) in [5.74, 6) is 0.546. The molecule has 0 spiro atoms. The van der Waals surface area contributed by atoms with Crippen molar-refractivity contribution in [2.75, 3.05) is 12.0 Å². The minimum absolute atomic E-state index is 0.115. The molecule has 17 heavy (non-hydrogen) atoms. The Labute approximate surface area is 110 Å². The Morgan fingerprint density at radius 2 is 2.18 bits per heavy atom. The number of benzene rings is 1. The van der Waals surface area contributed by atoms with Crippen LogP contribution < -0.4 is 5.73 Å². The van der Waals surface area contributed by atoms with Gasteiger partial charge in [-0.15, -0.1) is 0 Å². The molecule has 1 heterocycles. The Balaban J connectivity index is 2.52. The third kappa shape index (κ3) is 2.53. The zero-order valence-corrected chi connectivity index (χ0v) is 11.8. The molecule has 0 aliphatic rings. The van der Waals surface area contributed by atoms with Gasteiger partial charge in [0, 0.05) is 16.3 Å². The predicted octanol–water partition coefficient (Wildman–Crippen LogP) is 3.41. The number of thioether (sulfide) groups is 1. The highest BCUT2D eigenvalue weighted by atomic mass is 35.5. The van der Waals surface area contributed by atoms with Gasteiger partial charge < -0.3 is 10.3 Å². The first-order valence-corrected chi connectivity index (χ1v) is 6.99. The Hall–Kier alpha value is -0.870. The predicted molar refractivity (Wildman–Crippen MR) is 76.7 cm³/mol. The number of rotatable bonds is 3. The number of imidazole rings is 1. The first-order chi connectivity index (χ1) is 7.93. The van der Waals surface area contributed by atoms with Gasteiger partial charge in [0.1, 0.15) is 0 Å². The summed E-state index contributed by atoms with van der Waals surface area (Å²) >= 11 is 7.83. The van der Waals surface area contributed by atoms with Gasteiger partial charge in [0.15, 0.2) is 0 Å². The maximum absolute atomic E-state index is 6.02. The molecule has 1 aromatic carbocycles. The molecule has 0 unspecified atom stereocenters. The zero-order valence-electron chi connectivity index (χ0n) is 10.2. The number of nitrogens with zero attached hydrogens (tertiary/aromatic N) is 2. The summed E-state index contributed by atoms with van der Waals surface area (Å²) in [5, 5.41) is 0.709. The summed E-state index contributed by atoms with van der Waals surface area (Å²) in [6, 6.07) is 5.65. The fourth-order valence-corrected chi connectivity index (χ4v) is 2.15. The van der Waals surface area contributed by atoms with Gasteiger partial charge in [-0.05, 0) is 38.3 Å². The van der Waals surface area contributed by atoms with Crippen LogP contribution in [0.25, 0.3) is 11.0 Å². The summed E-state index contributed by atoms with van der Waals surface area (Å²) < 4.78 is 2.14. The molecule has 3 nitrogen and oxygen atoms in total. The highest BCUT2D eigenvalue weighted by Gasteiger charge is 2.20. The summed E-state index contributed by atoms with van der Waals surface area (Å²) in [6.07, 6.45) is 2.10. The number of fused-ring (bicyclic) bond motifs is 1. The van der Waals surface area contributed by atoms with Crippen molar-refractivity contribution < 1.29 is 0 Å². The number of halogens is 1. The second-order valence-corrected chi connectivity index (χ2v) is 6.60. The van der Waals surface area contributed by atoms with Crippen LogP contribution in [0.4, 0.5) is 5.95 Å². The highest BCUT2D eigenvalue weighted by Crippen LogP contribution is 2.28. The van der Waals surface area contributed by atoms with Crippen LogP contribution in [0.2, 0.25) is 5.02 Å². The quantitative estimate of drug-likeness (QED) is 0.929. The average Bonchev–Trinajstić information content (AvgIpc) is 2.56. The van der Waals surface area contributed by atoms with Crippen LogP contribution in [0.3, 0.4) is 0 Å². The van der Waals surface area contributed by atoms with E-state index in [9.17, 15) is 0 Å². The number of nitrogens with two attached hydrogens (primary N) is 1. The van der Waals surface area contributed by atoms with E-state index in [0.717, 1.165) is 17.6 Å². The van der Waals surface area contributed by atoms with Crippen molar-refractivity contribution in [2.45, 2.75) is 25.1 Å². The lowest BCUT2D eigenvalue weighted by molar-refractivity contribution is 0.585. The Morgan fingerprint density at radius 3 is 2.82 bits per heavy atom. The van der Waals surface area contributed by atoms with Crippen LogP contribution in [-0.2, 0) is 6.54 Å². The van der Waals surface area contributed by atoms with E-state index >= 15 is 0 Å². The number of aromatic nitrogens is 2. The molecular formula is C12H16ClN3S. The molecule has 0 saturated heterocycles. The zero-order chi connectivity index (χ0) is 12.6.